The van der Waals surface area contributed by atoms with Crippen molar-refractivity contribution < 1.29 is 4.79 Å². The lowest BCUT2D eigenvalue weighted by Gasteiger charge is -2.06. The fraction of sp³-hybridized carbons (Fsp3) is 0.200. The number of amides is 1. The van der Waals surface area contributed by atoms with Gasteiger partial charge in [-0.2, -0.15) is 14.0 Å². The maximum absolute atomic E-state index is 11.4. The van der Waals surface area contributed by atoms with Gasteiger partial charge in [0.2, 0.25) is 5.91 Å². The summed E-state index contributed by atoms with van der Waals surface area (Å²) in [4.78, 5) is 11.4. The minimum atomic E-state index is -0.328. The minimum Gasteiger partial charge on any atom is -0.323 e. The van der Waals surface area contributed by atoms with Gasteiger partial charge in [-0.1, -0.05) is 6.07 Å². The molecular formula is C10H8N4OS. The first-order chi connectivity index (χ1) is 7.72. The summed E-state index contributed by atoms with van der Waals surface area (Å²) in [5.41, 5.74) is 2.98. The molecule has 0 atom stereocenters. The van der Waals surface area contributed by atoms with Gasteiger partial charge in [0, 0.05) is 0 Å². The van der Waals surface area contributed by atoms with Crippen molar-refractivity contribution >= 4 is 34.4 Å². The van der Waals surface area contributed by atoms with Gasteiger partial charge in [0.1, 0.15) is 17.5 Å². The Morgan fingerprint density at radius 3 is 3.12 bits per heavy atom. The highest BCUT2D eigenvalue weighted by molar-refractivity contribution is 7.00. The lowest BCUT2D eigenvalue weighted by Crippen LogP contribution is -2.11. The average molecular weight is 232 g/mol. The zero-order valence-corrected chi connectivity index (χ0v) is 9.34. The van der Waals surface area contributed by atoms with Crippen LogP contribution in [0.25, 0.3) is 11.0 Å². The van der Waals surface area contributed by atoms with Crippen molar-refractivity contribution in [2.24, 2.45) is 0 Å². The number of hydrogen-bond acceptors (Lipinski definition) is 5. The number of nitriles is 1. The molecule has 0 saturated carbocycles. The van der Waals surface area contributed by atoms with Crippen molar-refractivity contribution in [2.75, 3.05) is 5.32 Å². The highest BCUT2D eigenvalue weighted by atomic mass is 32.1. The number of nitrogens with zero attached hydrogens (tertiary/aromatic N) is 3. The van der Waals surface area contributed by atoms with Crippen LogP contribution in [0.1, 0.15) is 12.0 Å². The van der Waals surface area contributed by atoms with Crippen LogP contribution in [0, 0.1) is 18.3 Å². The van der Waals surface area contributed by atoms with E-state index in [0.717, 1.165) is 22.8 Å². The topological polar surface area (TPSA) is 78.7 Å². The molecule has 1 amide bonds. The summed E-state index contributed by atoms with van der Waals surface area (Å²) in [6.45, 7) is 1.88. The molecule has 2 rings (SSSR count). The predicted molar refractivity (Wildman–Crippen MR) is 61.0 cm³/mol. The molecule has 1 aromatic carbocycles. The van der Waals surface area contributed by atoms with Gasteiger partial charge in [-0.3, -0.25) is 4.79 Å². The number of hydrogen-bond donors (Lipinski definition) is 1. The van der Waals surface area contributed by atoms with Gasteiger partial charge < -0.3 is 5.32 Å². The number of benzene rings is 1. The molecule has 0 aliphatic heterocycles. The summed E-state index contributed by atoms with van der Waals surface area (Å²) in [5.74, 6) is -0.328. The second-order valence-electron chi connectivity index (χ2n) is 3.27. The molecule has 0 radical (unpaired) electrons. The Kier molecular flexibility index (Phi) is 2.79. The second-order valence-corrected chi connectivity index (χ2v) is 3.80. The van der Waals surface area contributed by atoms with E-state index in [1.165, 1.54) is 0 Å². The van der Waals surface area contributed by atoms with E-state index in [2.05, 4.69) is 14.1 Å². The zero-order valence-electron chi connectivity index (χ0n) is 8.52. The van der Waals surface area contributed by atoms with Crippen LogP contribution in [0.4, 0.5) is 5.69 Å². The van der Waals surface area contributed by atoms with Crippen molar-refractivity contribution in [3.63, 3.8) is 0 Å². The largest absolute Gasteiger partial charge is 0.323 e. The summed E-state index contributed by atoms with van der Waals surface area (Å²) in [6, 6.07) is 5.53. The number of anilines is 1. The van der Waals surface area contributed by atoms with Crippen LogP contribution in [0.15, 0.2) is 12.1 Å². The SMILES string of the molecule is Cc1ccc2nsnc2c1NC(=O)CC#N. The van der Waals surface area contributed by atoms with E-state index in [1.807, 2.05) is 19.1 Å². The monoisotopic (exact) mass is 232 g/mol. The van der Waals surface area contributed by atoms with Crippen LogP contribution < -0.4 is 5.32 Å². The second kappa shape index (κ2) is 4.24. The van der Waals surface area contributed by atoms with E-state index in [9.17, 15) is 4.79 Å². The van der Waals surface area contributed by atoms with E-state index < -0.39 is 0 Å². The maximum atomic E-state index is 11.4. The molecule has 5 nitrogen and oxygen atoms in total. The molecular weight excluding hydrogens is 224 g/mol. The Labute approximate surface area is 96.0 Å². The summed E-state index contributed by atoms with van der Waals surface area (Å²) >= 11 is 1.10. The number of carbonyl (C=O) groups is 1. The molecule has 1 heterocycles. The number of fused-ring (bicyclic) bond motifs is 1. The zero-order chi connectivity index (χ0) is 11.5. The van der Waals surface area contributed by atoms with Crippen LogP contribution in [0.5, 0.6) is 0 Å². The number of aryl methyl sites for hydroxylation is 1. The molecule has 0 spiro atoms. The first-order valence-corrected chi connectivity index (χ1v) is 5.34. The Morgan fingerprint density at radius 1 is 1.56 bits per heavy atom. The van der Waals surface area contributed by atoms with E-state index in [-0.39, 0.29) is 12.3 Å². The molecule has 1 N–H and O–H groups in total. The molecule has 0 aliphatic carbocycles. The summed E-state index contributed by atoms with van der Waals surface area (Å²) < 4.78 is 8.21. The molecule has 0 saturated heterocycles. The third-order valence-electron chi connectivity index (χ3n) is 2.14. The summed E-state index contributed by atoms with van der Waals surface area (Å²) in [5, 5.41) is 11.1. The molecule has 1 aromatic heterocycles. The first kappa shape index (κ1) is 10.5. The fourth-order valence-electron chi connectivity index (χ4n) is 1.37. The van der Waals surface area contributed by atoms with Gasteiger partial charge in [0.05, 0.1) is 23.5 Å². The van der Waals surface area contributed by atoms with Crippen LogP contribution >= 0.6 is 11.7 Å². The number of carbonyl (C=O) groups excluding carboxylic acids is 1. The van der Waals surface area contributed by atoms with Gasteiger partial charge in [-0.05, 0) is 18.6 Å². The summed E-state index contributed by atoms with van der Waals surface area (Å²) in [7, 11) is 0. The number of aromatic nitrogens is 2. The number of rotatable bonds is 2. The predicted octanol–water partition coefficient (Wildman–Crippen LogP) is 1.85. The lowest BCUT2D eigenvalue weighted by atomic mass is 10.1. The van der Waals surface area contributed by atoms with E-state index >= 15 is 0 Å². The normalized spacial score (nSPS) is 10.0. The third-order valence-corrected chi connectivity index (χ3v) is 2.68. The summed E-state index contributed by atoms with van der Waals surface area (Å²) in [6.07, 6.45) is -0.159. The quantitative estimate of drug-likeness (QED) is 0.857. The van der Waals surface area contributed by atoms with Crippen molar-refractivity contribution in [2.45, 2.75) is 13.3 Å². The van der Waals surface area contributed by atoms with Crippen molar-refractivity contribution in [1.82, 2.24) is 8.75 Å². The molecule has 0 aliphatic rings. The van der Waals surface area contributed by atoms with Crippen LogP contribution in [0.3, 0.4) is 0 Å². The lowest BCUT2D eigenvalue weighted by molar-refractivity contribution is -0.115. The van der Waals surface area contributed by atoms with E-state index in [4.69, 9.17) is 5.26 Å². The van der Waals surface area contributed by atoms with Crippen molar-refractivity contribution in [3.8, 4) is 6.07 Å². The average Bonchev–Trinajstić information content (AvgIpc) is 2.71. The van der Waals surface area contributed by atoms with Gasteiger partial charge in [-0.15, -0.1) is 0 Å². The molecule has 80 valence electrons. The Hall–Kier alpha value is -2.00. The fourth-order valence-corrected chi connectivity index (χ4v) is 1.91. The minimum absolute atomic E-state index is 0.159. The highest BCUT2D eigenvalue weighted by Gasteiger charge is 2.11. The Morgan fingerprint density at radius 2 is 2.38 bits per heavy atom. The van der Waals surface area contributed by atoms with Crippen LogP contribution in [-0.2, 0) is 4.79 Å². The Balaban J connectivity index is 2.42. The van der Waals surface area contributed by atoms with Gasteiger partial charge >= 0.3 is 0 Å². The van der Waals surface area contributed by atoms with Crippen molar-refractivity contribution in [3.05, 3.63) is 17.7 Å². The molecule has 0 bridgehead atoms. The van der Waals surface area contributed by atoms with Crippen LogP contribution in [-0.4, -0.2) is 14.7 Å². The molecule has 0 unspecified atom stereocenters. The maximum Gasteiger partial charge on any atom is 0.238 e. The first-order valence-electron chi connectivity index (χ1n) is 4.61. The molecule has 6 heteroatoms. The smallest absolute Gasteiger partial charge is 0.238 e. The van der Waals surface area contributed by atoms with Crippen molar-refractivity contribution in [1.29, 1.82) is 5.26 Å². The van der Waals surface area contributed by atoms with Crippen LogP contribution in [0.2, 0.25) is 0 Å². The van der Waals surface area contributed by atoms with E-state index in [1.54, 1.807) is 6.07 Å². The van der Waals surface area contributed by atoms with Gasteiger partial charge in [0.15, 0.2) is 0 Å². The molecule has 16 heavy (non-hydrogen) atoms. The standard InChI is InChI=1S/C10H8N4OS/c1-6-2-3-7-10(14-16-13-7)9(6)12-8(15)4-5-11/h2-3H,4H2,1H3,(H,12,15). The number of nitrogens with one attached hydrogen (secondary N) is 1. The van der Waals surface area contributed by atoms with Gasteiger partial charge in [0.25, 0.3) is 0 Å². The third kappa shape index (κ3) is 1.85. The van der Waals surface area contributed by atoms with Gasteiger partial charge in [-0.25, -0.2) is 0 Å². The molecule has 0 fully saturated rings. The highest BCUT2D eigenvalue weighted by Crippen LogP contribution is 2.25. The molecule has 2 aromatic rings. The van der Waals surface area contributed by atoms with E-state index in [0.29, 0.717) is 11.2 Å². The Bertz CT molecular complexity index is 584.